The molecule has 1 aromatic rings. The summed E-state index contributed by atoms with van der Waals surface area (Å²) in [5.41, 5.74) is -0.693. The average Bonchev–Trinajstić information content (AvgIpc) is 3.20. The second kappa shape index (κ2) is 6.14. The first-order valence-corrected chi connectivity index (χ1v) is 9.23. The molecule has 1 amide bonds. The number of hydrogen-bond donors (Lipinski definition) is 0. The third-order valence-corrected chi connectivity index (χ3v) is 4.74. The molecule has 8 heteroatoms. The van der Waals surface area contributed by atoms with Crippen molar-refractivity contribution in [2.45, 2.75) is 38.0 Å². The summed E-state index contributed by atoms with van der Waals surface area (Å²) in [6, 6.07) is 3.43. The maximum atomic E-state index is 12.6. The highest BCUT2D eigenvalue weighted by molar-refractivity contribution is 7.90. The van der Waals surface area contributed by atoms with E-state index in [1.807, 2.05) is 0 Å². The van der Waals surface area contributed by atoms with Gasteiger partial charge in [-0.3, -0.25) is 4.79 Å². The van der Waals surface area contributed by atoms with Gasteiger partial charge in [0.25, 0.3) is 5.91 Å². The zero-order chi connectivity index (χ0) is 17.4. The molecule has 0 N–H and O–H groups in total. The molecule has 2 rings (SSSR count). The van der Waals surface area contributed by atoms with Crippen molar-refractivity contribution < 1.29 is 26.4 Å². The quantitative estimate of drug-likeness (QED) is 0.821. The number of hydrogen-bond acceptors (Lipinski definition) is 3. The van der Waals surface area contributed by atoms with Gasteiger partial charge in [-0.15, -0.1) is 0 Å². The number of sulfone groups is 1. The van der Waals surface area contributed by atoms with Crippen molar-refractivity contribution in [3.63, 3.8) is 0 Å². The van der Waals surface area contributed by atoms with Crippen LogP contribution in [0, 0.1) is 0 Å². The lowest BCUT2D eigenvalue weighted by molar-refractivity contribution is -0.137. The van der Waals surface area contributed by atoms with Gasteiger partial charge in [0.2, 0.25) is 0 Å². The van der Waals surface area contributed by atoms with Gasteiger partial charge in [-0.25, -0.2) is 8.42 Å². The average molecular weight is 349 g/mol. The molecule has 1 aliphatic rings. The van der Waals surface area contributed by atoms with E-state index in [1.54, 1.807) is 6.92 Å². The lowest BCUT2D eigenvalue weighted by Gasteiger charge is -2.29. The third-order valence-electron chi connectivity index (χ3n) is 3.65. The van der Waals surface area contributed by atoms with Crippen molar-refractivity contribution in [3.05, 3.63) is 35.4 Å². The summed E-state index contributed by atoms with van der Waals surface area (Å²) >= 11 is 0. The van der Waals surface area contributed by atoms with Crippen LogP contribution >= 0.6 is 0 Å². The van der Waals surface area contributed by atoms with Gasteiger partial charge in [0.1, 0.15) is 9.84 Å². The molecule has 0 aliphatic heterocycles. The Kier molecular flexibility index (Phi) is 4.75. The number of benzene rings is 1. The molecule has 0 saturated heterocycles. The molecule has 0 radical (unpaired) electrons. The molecule has 4 nitrogen and oxygen atoms in total. The van der Waals surface area contributed by atoms with Gasteiger partial charge < -0.3 is 4.90 Å². The number of carbonyl (C=O) groups excluding carboxylic acids is 1. The number of amides is 1. The van der Waals surface area contributed by atoms with E-state index in [0.717, 1.165) is 43.4 Å². The molecular weight excluding hydrogens is 331 g/mol. The van der Waals surface area contributed by atoms with E-state index in [4.69, 9.17) is 0 Å². The fourth-order valence-electron chi connectivity index (χ4n) is 2.55. The minimum Gasteiger partial charge on any atom is -0.332 e. The van der Waals surface area contributed by atoms with Crippen molar-refractivity contribution in [3.8, 4) is 0 Å². The second-order valence-corrected chi connectivity index (χ2v) is 8.14. The van der Waals surface area contributed by atoms with Crippen molar-refractivity contribution in [2.24, 2.45) is 0 Å². The number of carbonyl (C=O) groups is 1. The minimum atomic E-state index is -4.46. The minimum absolute atomic E-state index is 0.0402. The molecule has 128 valence electrons. The van der Waals surface area contributed by atoms with Crippen LogP contribution in [-0.2, 0) is 16.0 Å². The van der Waals surface area contributed by atoms with E-state index in [1.165, 1.54) is 4.90 Å². The summed E-state index contributed by atoms with van der Waals surface area (Å²) in [6.45, 7) is 1.64. The predicted octanol–water partition coefficient (Wildman–Crippen LogP) is 2.74. The van der Waals surface area contributed by atoms with Crippen LogP contribution in [0.25, 0.3) is 0 Å². The highest BCUT2D eigenvalue weighted by Crippen LogP contribution is 2.32. The molecule has 0 unspecified atom stereocenters. The number of alkyl halides is 3. The first-order valence-electron chi connectivity index (χ1n) is 7.16. The standard InChI is InChI=1S/C15H18F3NO3S/c1-10(9-23(2,21)22)19(13-7-8-13)14(20)11-3-5-12(6-4-11)15(16,17)18/h3-6,10,13H,7-9H2,1-2H3/t10-/m0/s1. The van der Waals surface area contributed by atoms with E-state index in [0.29, 0.717) is 0 Å². The van der Waals surface area contributed by atoms with Gasteiger partial charge in [0, 0.05) is 23.9 Å². The Morgan fingerprint density at radius 3 is 2.17 bits per heavy atom. The summed E-state index contributed by atoms with van der Waals surface area (Å²) in [4.78, 5) is 14.0. The fraction of sp³-hybridized carbons (Fsp3) is 0.533. The van der Waals surface area contributed by atoms with Crippen molar-refractivity contribution in [1.29, 1.82) is 0 Å². The van der Waals surface area contributed by atoms with Crippen molar-refractivity contribution in [2.75, 3.05) is 12.0 Å². The van der Waals surface area contributed by atoms with Crippen LogP contribution in [-0.4, -0.2) is 43.3 Å². The van der Waals surface area contributed by atoms with E-state index in [9.17, 15) is 26.4 Å². The first-order chi connectivity index (χ1) is 10.5. The molecule has 1 atom stereocenters. The van der Waals surface area contributed by atoms with Crippen LogP contribution in [0.15, 0.2) is 24.3 Å². The van der Waals surface area contributed by atoms with E-state index in [2.05, 4.69) is 0 Å². The molecule has 0 heterocycles. The number of nitrogens with zero attached hydrogens (tertiary/aromatic N) is 1. The molecular formula is C15H18F3NO3S. The third kappa shape index (κ3) is 4.70. The summed E-state index contributed by atoms with van der Waals surface area (Å²) < 4.78 is 60.6. The van der Waals surface area contributed by atoms with Gasteiger partial charge in [-0.2, -0.15) is 13.2 Å². The Bertz CT molecular complexity index is 679. The predicted molar refractivity (Wildman–Crippen MR) is 79.8 cm³/mol. The van der Waals surface area contributed by atoms with Crippen LogP contribution in [0.3, 0.4) is 0 Å². The lowest BCUT2D eigenvalue weighted by Crippen LogP contribution is -2.43. The Morgan fingerprint density at radius 1 is 1.26 bits per heavy atom. The molecule has 23 heavy (non-hydrogen) atoms. The fourth-order valence-corrected chi connectivity index (χ4v) is 3.58. The van der Waals surface area contributed by atoms with Crippen molar-refractivity contribution >= 4 is 15.7 Å². The zero-order valence-corrected chi connectivity index (χ0v) is 13.6. The largest absolute Gasteiger partial charge is 0.416 e. The molecule has 1 aromatic carbocycles. The van der Waals surface area contributed by atoms with E-state index >= 15 is 0 Å². The molecule has 0 aromatic heterocycles. The summed E-state index contributed by atoms with van der Waals surface area (Å²) in [5, 5.41) is 0. The summed E-state index contributed by atoms with van der Waals surface area (Å²) in [5.74, 6) is -0.604. The second-order valence-electron chi connectivity index (χ2n) is 5.96. The molecule has 0 spiro atoms. The first kappa shape index (κ1) is 17.8. The monoisotopic (exact) mass is 349 g/mol. The Morgan fingerprint density at radius 2 is 1.78 bits per heavy atom. The molecule has 1 saturated carbocycles. The molecule has 1 aliphatic carbocycles. The van der Waals surface area contributed by atoms with Gasteiger partial charge >= 0.3 is 6.18 Å². The van der Waals surface area contributed by atoms with Gasteiger partial charge in [0.15, 0.2) is 0 Å². The molecule has 0 bridgehead atoms. The summed E-state index contributed by atoms with van der Waals surface area (Å²) in [7, 11) is -3.26. The molecule has 1 fully saturated rings. The Balaban J connectivity index is 2.21. The van der Waals surface area contributed by atoms with Gasteiger partial charge in [-0.05, 0) is 44.0 Å². The van der Waals surface area contributed by atoms with Crippen molar-refractivity contribution in [1.82, 2.24) is 4.90 Å². The Hall–Kier alpha value is -1.57. The highest BCUT2D eigenvalue weighted by atomic mass is 32.2. The number of rotatable bonds is 5. The van der Waals surface area contributed by atoms with Crippen LogP contribution in [0.1, 0.15) is 35.7 Å². The van der Waals surface area contributed by atoms with Crippen LogP contribution in [0.2, 0.25) is 0 Å². The van der Waals surface area contributed by atoms with Crippen LogP contribution < -0.4 is 0 Å². The van der Waals surface area contributed by atoms with E-state index < -0.39 is 33.5 Å². The van der Waals surface area contributed by atoms with E-state index in [-0.39, 0.29) is 17.4 Å². The highest BCUT2D eigenvalue weighted by Gasteiger charge is 2.37. The van der Waals surface area contributed by atoms with Crippen LogP contribution in [0.4, 0.5) is 13.2 Å². The smallest absolute Gasteiger partial charge is 0.332 e. The zero-order valence-electron chi connectivity index (χ0n) is 12.8. The topological polar surface area (TPSA) is 54.5 Å². The van der Waals surface area contributed by atoms with Crippen LogP contribution in [0.5, 0.6) is 0 Å². The Labute approximate surface area is 133 Å². The van der Waals surface area contributed by atoms with Gasteiger partial charge in [-0.1, -0.05) is 0 Å². The lowest BCUT2D eigenvalue weighted by atomic mass is 10.1. The SMILES string of the molecule is C[C@@H](CS(C)(=O)=O)N(C(=O)c1ccc(C(F)(F)F)cc1)C1CC1. The number of halogens is 3. The van der Waals surface area contributed by atoms with Gasteiger partial charge in [0.05, 0.1) is 11.3 Å². The summed E-state index contributed by atoms with van der Waals surface area (Å²) in [6.07, 6.45) is -1.81. The maximum Gasteiger partial charge on any atom is 0.416 e. The maximum absolute atomic E-state index is 12.6. The normalized spacial score (nSPS) is 16.9.